The lowest BCUT2D eigenvalue weighted by Crippen LogP contribution is -2.08. The fourth-order valence-corrected chi connectivity index (χ4v) is 2.22. The van der Waals surface area contributed by atoms with E-state index >= 15 is 0 Å². The summed E-state index contributed by atoms with van der Waals surface area (Å²) in [6.45, 7) is 3.24. The SMILES string of the molecule is Cc1nc2c(Cl)cc(C(F)(F)F)cn2c1C(C)C#N. The number of fused-ring (bicyclic) bond motifs is 1. The van der Waals surface area contributed by atoms with E-state index in [-0.39, 0.29) is 10.7 Å². The van der Waals surface area contributed by atoms with Crippen LogP contribution in [-0.4, -0.2) is 9.38 Å². The molecule has 0 N–H and O–H groups in total. The van der Waals surface area contributed by atoms with E-state index in [9.17, 15) is 13.2 Å². The lowest BCUT2D eigenvalue weighted by atomic mass is 10.1. The van der Waals surface area contributed by atoms with Crippen molar-refractivity contribution in [2.45, 2.75) is 25.9 Å². The zero-order valence-corrected chi connectivity index (χ0v) is 10.8. The summed E-state index contributed by atoms with van der Waals surface area (Å²) in [4.78, 5) is 4.12. The molecule has 19 heavy (non-hydrogen) atoms. The molecule has 0 aliphatic heterocycles. The zero-order chi connectivity index (χ0) is 14.4. The van der Waals surface area contributed by atoms with Gasteiger partial charge in [-0.25, -0.2) is 4.98 Å². The maximum Gasteiger partial charge on any atom is 0.417 e. The summed E-state index contributed by atoms with van der Waals surface area (Å²) >= 11 is 5.84. The molecule has 0 radical (unpaired) electrons. The fraction of sp³-hybridized carbons (Fsp3) is 0.333. The van der Waals surface area contributed by atoms with Gasteiger partial charge in [-0.05, 0) is 19.9 Å². The number of imidazole rings is 1. The Morgan fingerprint density at radius 2 is 2.11 bits per heavy atom. The van der Waals surface area contributed by atoms with E-state index in [0.717, 1.165) is 12.3 Å². The maximum absolute atomic E-state index is 12.8. The molecule has 1 atom stereocenters. The second kappa shape index (κ2) is 4.42. The van der Waals surface area contributed by atoms with Gasteiger partial charge in [0.25, 0.3) is 0 Å². The molecule has 2 aromatic heterocycles. The van der Waals surface area contributed by atoms with Crippen LogP contribution in [-0.2, 0) is 6.18 Å². The molecule has 0 spiro atoms. The topological polar surface area (TPSA) is 41.1 Å². The van der Waals surface area contributed by atoms with Gasteiger partial charge in [0.2, 0.25) is 0 Å². The minimum absolute atomic E-state index is 0.0886. The summed E-state index contributed by atoms with van der Waals surface area (Å²) in [6.07, 6.45) is -3.58. The van der Waals surface area contributed by atoms with Gasteiger partial charge in [0.15, 0.2) is 5.65 Å². The predicted octanol–water partition coefficient (Wildman–Crippen LogP) is 3.94. The van der Waals surface area contributed by atoms with E-state index in [1.54, 1.807) is 13.8 Å². The largest absolute Gasteiger partial charge is 0.417 e. The second-order valence-corrected chi connectivity index (χ2v) is 4.61. The summed E-state index contributed by atoms with van der Waals surface area (Å²) in [5.41, 5.74) is 0.277. The van der Waals surface area contributed by atoms with Gasteiger partial charge in [-0.2, -0.15) is 18.4 Å². The van der Waals surface area contributed by atoms with Crippen LogP contribution in [0.2, 0.25) is 5.02 Å². The van der Waals surface area contributed by atoms with Crippen molar-refractivity contribution in [3.63, 3.8) is 0 Å². The van der Waals surface area contributed by atoms with E-state index in [4.69, 9.17) is 16.9 Å². The van der Waals surface area contributed by atoms with Gasteiger partial charge in [0, 0.05) is 6.20 Å². The molecule has 0 aliphatic carbocycles. The highest BCUT2D eigenvalue weighted by Crippen LogP contribution is 2.34. The number of halogens is 4. The van der Waals surface area contributed by atoms with Crippen LogP contribution in [0.25, 0.3) is 5.65 Å². The number of pyridine rings is 1. The smallest absolute Gasteiger partial charge is 0.301 e. The molecule has 0 bridgehead atoms. The van der Waals surface area contributed by atoms with Gasteiger partial charge >= 0.3 is 6.18 Å². The third kappa shape index (κ3) is 2.26. The van der Waals surface area contributed by atoms with Crippen molar-refractivity contribution in [3.05, 3.63) is 34.2 Å². The van der Waals surface area contributed by atoms with Gasteiger partial charge in [-0.15, -0.1) is 0 Å². The minimum Gasteiger partial charge on any atom is -0.301 e. The average molecular weight is 288 g/mol. The molecule has 2 rings (SSSR count). The van der Waals surface area contributed by atoms with Crippen LogP contribution in [0.4, 0.5) is 13.2 Å². The first-order valence-electron chi connectivity index (χ1n) is 5.40. The first-order chi connectivity index (χ1) is 8.75. The number of rotatable bonds is 1. The standard InChI is InChI=1S/C12H9ClF3N3/c1-6(4-17)10-7(2)18-11-9(13)3-8(5-19(10)11)12(14,15)16/h3,5-6H,1-2H3. The van der Waals surface area contributed by atoms with E-state index in [1.165, 1.54) is 4.40 Å². The van der Waals surface area contributed by atoms with E-state index in [0.29, 0.717) is 11.4 Å². The van der Waals surface area contributed by atoms with Crippen LogP contribution in [0.5, 0.6) is 0 Å². The van der Waals surface area contributed by atoms with Crippen LogP contribution in [0.1, 0.15) is 29.8 Å². The molecule has 0 fully saturated rings. The Kier molecular flexibility index (Phi) is 3.19. The number of nitriles is 1. The molecule has 2 heterocycles. The molecule has 0 amide bonds. The molecule has 7 heteroatoms. The molecular weight excluding hydrogens is 279 g/mol. The Morgan fingerprint density at radius 3 is 2.63 bits per heavy atom. The van der Waals surface area contributed by atoms with Crippen LogP contribution >= 0.6 is 11.6 Å². The fourth-order valence-electron chi connectivity index (χ4n) is 1.97. The highest BCUT2D eigenvalue weighted by atomic mass is 35.5. The normalized spacial score (nSPS) is 13.5. The molecular formula is C12H9ClF3N3. The molecule has 100 valence electrons. The number of alkyl halides is 3. The number of nitrogens with zero attached hydrogens (tertiary/aromatic N) is 3. The highest BCUT2D eigenvalue weighted by Gasteiger charge is 2.32. The Labute approximate surface area is 112 Å². The van der Waals surface area contributed by atoms with Crippen LogP contribution in [0, 0.1) is 18.3 Å². The van der Waals surface area contributed by atoms with Gasteiger partial charge in [0.05, 0.1) is 34.0 Å². The summed E-state index contributed by atoms with van der Waals surface area (Å²) in [7, 11) is 0. The molecule has 0 saturated carbocycles. The molecule has 0 aromatic carbocycles. The summed E-state index contributed by atoms with van der Waals surface area (Å²) in [5.74, 6) is -0.574. The summed E-state index contributed by atoms with van der Waals surface area (Å²) in [6, 6.07) is 2.83. The third-order valence-electron chi connectivity index (χ3n) is 2.83. The number of aryl methyl sites for hydroxylation is 1. The molecule has 0 aliphatic rings. The zero-order valence-electron chi connectivity index (χ0n) is 10.1. The van der Waals surface area contributed by atoms with Crippen molar-refractivity contribution >= 4 is 17.2 Å². The van der Waals surface area contributed by atoms with Crippen molar-refractivity contribution in [2.24, 2.45) is 0 Å². The highest BCUT2D eigenvalue weighted by molar-refractivity contribution is 6.33. The van der Waals surface area contributed by atoms with Crippen LogP contribution in [0.15, 0.2) is 12.3 Å². The number of hydrogen-bond donors (Lipinski definition) is 0. The number of aromatic nitrogens is 2. The van der Waals surface area contributed by atoms with Crippen LogP contribution < -0.4 is 0 Å². The lowest BCUT2D eigenvalue weighted by Gasteiger charge is -2.10. The van der Waals surface area contributed by atoms with Gasteiger partial charge in [-0.3, -0.25) is 0 Å². The first-order valence-corrected chi connectivity index (χ1v) is 5.78. The van der Waals surface area contributed by atoms with Crippen molar-refractivity contribution in [1.29, 1.82) is 5.26 Å². The van der Waals surface area contributed by atoms with Crippen molar-refractivity contribution in [2.75, 3.05) is 0 Å². The van der Waals surface area contributed by atoms with Gasteiger partial charge < -0.3 is 4.40 Å². The van der Waals surface area contributed by atoms with E-state index < -0.39 is 17.7 Å². The molecule has 3 nitrogen and oxygen atoms in total. The van der Waals surface area contributed by atoms with Crippen LogP contribution in [0.3, 0.4) is 0 Å². The molecule has 1 unspecified atom stereocenters. The summed E-state index contributed by atoms with van der Waals surface area (Å²) < 4.78 is 39.5. The van der Waals surface area contributed by atoms with E-state index in [2.05, 4.69) is 4.98 Å². The molecule has 2 aromatic rings. The van der Waals surface area contributed by atoms with E-state index in [1.807, 2.05) is 6.07 Å². The monoisotopic (exact) mass is 287 g/mol. The first kappa shape index (κ1) is 13.7. The Balaban J connectivity index is 2.82. The Morgan fingerprint density at radius 1 is 1.47 bits per heavy atom. The lowest BCUT2D eigenvalue weighted by molar-refractivity contribution is -0.137. The Bertz CT molecular complexity index is 682. The quantitative estimate of drug-likeness (QED) is 0.797. The van der Waals surface area contributed by atoms with Crippen molar-refractivity contribution in [3.8, 4) is 6.07 Å². The third-order valence-corrected chi connectivity index (χ3v) is 3.11. The van der Waals surface area contributed by atoms with Crippen molar-refractivity contribution in [1.82, 2.24) is 9.38 Å². The second-order valence-electron chi connectivity index (χ2n) is 4.20. The van der Waals surface area contributed by atoms with Gasteiger partial charge in [0.1, 0.15) is 0 Å². The maximum atomic E-state index is 12.8. The molecule has 0 saturated heterocycles. The number of hydrogen-bond acceptors (Lipinski definition) is 2. The predicted molar refractivity (Wildman–Crippen MR) is 64.0 cm³/mol. The Hall–Kier alpha value is -1.74. The average Bonchev–Trinajstić information content (AvgIpc) is 2.64. The van der Waals surface area contributed by atoms with Gasteiger partial charge in [-0.1, -0.05) is 11.6 Å². The summed E-state index contributed by atoms with van der Waals surface area (Å²) in [5, 5.41) is 8.85. The minimum atomic E-state index is -4.50. The van der Waals surface area contributed by atoms with Crippen molar-refractivity contribution < 1.29 is 13.2 Å².